The van der Waals surface area contributed by atoms with E-state index in [0.29, 0.717) is 23.2 Å². The fourth-order valence-electron chi connectivity index (χ4n) is 5.12. The zero-order chi connectivity index (χ0) is 12.8. The molecule has 0 amide bonds. The van der Waals surface area contributed by atoms with Crippen LogP contribution in [0.2, 0.25) is 0 Å². The molecule has 2 nitrogen and oxygen atoms in total. The van der Waals surface area contributed by atoms with E-state index in [9.17, 15) is 4.79 Å². The molecule has 3 fully saturated rings. The normalized spacial score (nSPS) is 48.4. The maximum atomic E-state index is 11.7. The van der Waals surface area contributed by atoms with Gasteiger partial charge < -0.3 is 4.74 Å². The van der Waals surface area contributed by atoms with Crippen molar-refractivity contribution in [3.8, 4) is 0 Å². The summed E-state index contributed by atoms with van der Waals surface area (Å²) < 4.78 is 5.62. The quantitative estimate of drug-likeness (QED) is 0.711. The van der Waals surface area contributed by atoms with Gasteiger partial charge in [-0.05, 0) is 61.7 Å². The number of rotatable bonds is 1. The highest BCUT2D eigenvalue weighted by molar-refractivity contribution is 5.79. The highest BCUT2D eigenvalue weighted by Gasteiger charge is 2.51. The topological polar surface area (TPSA) is 26.3 Å². The van der Waals surface area contributed by atoms with Gasteiger partial charge in [-0.15, -0.1) is 0 Å². The van der Waals surface area contributed by atoms with Gasteiger partial charge in [-0.2, -0.15) is 0 Å². The van der Waals surface area contributed by atoms with Crippen LogP contribution in [0.4, 0.5) is 0 Å². The lowest BCUT2D eigenvalue weighted by molar-refractivity contribution is -0.134. The Hall–Kier alpha value is -0.370. The third-order valence-electron chi connectivity index (χ3n) is 6.36. The van der Waals surface area contributed by atoms with Gasteiger partial charge in [-0.1, -0.05) is 6.92 Å². The monoisotopic (exact) mass is 250 g/mol. The molecule has 0 aromatic rings. The van der Waals surface area contributed by atoms with E-state index in [1.807, 2.05) is 7.11 Å². The molecule has 0 aliphatic heterocycles. The highest BCUT2D eigenvalue weighted by atomic mass is 16.5. The van der Waals surface area contributed by atoms with Crippen LogP contribution in [-0.4, -0.2) is 19.0 Å². The number of fused-ring (bicyclic) bond motifs is 3. The number of ketones is 1. The van der Waals surface area contributed by atoms with E-state index >= 15 is 0 Å². The van der Waals surface area contributed by atoms with Crippen molar-refractivity contribution in [2.45, 2.75) is 64.4 Å². The Morgan fingerprint density at radius 1 is 1.22 bits per heavy atom. The summed E-state index contributed by atoms with van der Waals surface area (Å²) in [6, 6.07) is 0. The summed E-state index contributed by atoms with van der Waals surface area (Å²) in [4.78, 5) is 11.7. The molecular weight excluding hydrogens is 224 g/mol. The van der Waals surface area contributed by atoms with Gasteiger partial charge in [0.2, 0.25) is 0 Å². The Morgan fingerprint density at radius 2 is 2.00 bits per heavy atom. The van der Waals surface area contributed by atoms with Gasteiger partial charge in [-0.3, -0.25) is 4.79 Å². The van der Waals surface area contributed by atoms with Crippen LogP contribution in [0.1, 0.15) is 58.3 Å². The molecule has 0 aromatic carbocycles. The summed E-state index contributed by atoms with van der Waals surface area (Å²) >= 11 is 0. The van der Waals surface area contributed by atoms with Gasteiger partial charge in [0.1, 0.15) is 5.78 Å². The van der Waals surface area contributed by atoms with Crippen LogP contribution in [0.5, 0.6) is 0 Å². The number of carbonyl (C=O) groups is 1. The van der Waals surface area contributed by atoms with E-state index < -0.39 is 0 Å². The average Bonchev–Trinajstić information content (AvgIpc) is 2.39. The first kappa shape index (κ1) is 12.7. The molecule has 0 saturated heterocycles. The Labute approximate surface area is 110 Å². The molecule has 18 heavy (non-hydrogen) atoms. The van der Waals surface area contributed by atoms with Gasteiger partial charge in [0, 0.05) is 20.0 Å². The molecule has 0 radical (unpaired) electrons. The summed E-state index contributed by atoms with van der Waals surface area (Å²) in [6.07, 6.45) is 9.77. The fraction of sp³-hybridized carbons (Fsp3) is 0.938. The van der Waals surface area contributed by atoms with Crippen molar-refractivity contribution < 1.29 is 9.53 Å². The number of hydrogen-bond acceptors (Lipinski definition) is 2. The zero-order valence-corrected chi connectivity index (χ0v) is 11.8. The van der Waals surface area contributed by atoms with Crippen molar-refractivity contribution in [1.29, 1.82) is 0 Å². The predicted molar refractivity (Wildman–Crippen MR) is 71.3 cm³/mol. The predicted octanol–water partition coefficient (Wildman–Crippen LogP) is 3.59. The molecule has 0 N–H and O–H groups in total. The lowest BCUT2D eigenvalue weighted by Gasteiger charge is -2.56. The second-order valence-corrected chi connectivity index (χ2v) is 7.06. The molecule has 2 heteroatoms. The van der Waals surface area contributed by atoms with Crippen molar-refractivity contribution in [1.82, 2.24) is 0 Å². The lowest BCUT2D eigenvalue weighted by Crippen LogP contribution is -2.50. The summed E-state index contributed by atoms with van der Waals surface area (Å²) in [7, 11) is 1.86. The smallest absolute Gasteiger partial charge is 0.133 e. The van der Waals surface area contributed by atoms with Gasteiger partial charge in [0.15, 0.2) is 0 Å². The number of carbonyl (C=O) groups excluding carboxylic acids is 1. The Balaban J connectivity index is 1.82. The standard InChI is InChI=1S/C16H26O2/c1-16-8-7-13(17)9-12(16)5-3-11-4-6-14(18-2)10-15(11)16/h11-12,14-15H,3-10H2,1-2H3/t11?,12-,14?,15?,16+/m0/s1. The van der Waals surface area contributed by atoms with E-state index in [-0.39, 0.29) is 0 Å². The Morgan fingerprint density at radius 3 is 2.78 bits per heavy atom. The van der Waals surface area contributed by atoms with Crippen molar-refractivity contribution in [2.75, 3.05) is 7.11 Å². The van der Waals surface area contributed by atoms with Crippen LogP contribution >= 0.6 is 0 Å². The Kier molecular flexibility index (Phi) is 3.25. The first-order valence-electron chi connectivity index (χ1n) is 7.68. The van der Waals surface area contributed by atoms with E-state index in [2.05, 4.69) is 6.92 Å². The minimum absolute atomic E-state index is 0.425. The van der Waals surface area contributed by atoms with Gasteiger partial charge >= 0.3 is 0 Å². The van der Waals surface area contributed by atoms with E-state index in [1.165, 1.54) is 32.1 Å². The molecule has 3 unspecified atom stereocenters. The van der Waals surface area contributed by atoms with Crippen molar-refractivity contribution >= 4 is 5.78 Å². The second-order valence-electron chi connectivity index (χ2n) is 7.06. The summed E-state index contributed by atoms with van der Waals surface area (Å²) in [5.74, 6) is 2.89. The van der Waals surface area contributed by atoms with Gasteiger partial charge in [0.05, 0.1) is 6.10 Å². The lowest BCUT2D eigenvalue weighted by atomic mass is 9.49. The first-order valence-corrected chi connectivity index (χ1v) is 7.68. The largest absolute Gasteiger partial charge is 0.381 e. The maximum Gasteiger partial charge on any atom is 0.133 e. The van der Waals surface area contributed by atoms with Gasteiger partial charge in [0.25, 0.3) is 0 Å². The molecule has 0 aromatic heterocycles. The molecule has 3 rings (SSSR count). The molecule has 0 spiro atoms. The fourth-order valence-corrected chi connectivity index (χ4v) is 5.12. The van der Waals surface area contributed by atoms with Crippen LogP contribution in [0.15, 0.2) is 0 Å². The third kappa shape index (κ3) is 1.93. The second kappa shape index (κ2) is 4.63. The molecule has 3 aliphatic carbocycles. The highest BCUT2D eigenvalue weighted by Crippen LogP contribution is 2.58. The molecule has 3 aliphatic rings. The zero-order valence-electron chi connectivity index (χ0n) is 11.8. The van der Waals surface area contributed by atoms with Crippen LogP contribution in [0, 0.1) is 23.2 Å². The number of ether oxygens (including phenoxy) is 1. The van der Waals surface area contributed by atoms with Crippen molar-refractivity contribution in [3.05, 3.63) is 0 Å². The molecule has 5 atom stereocenters. The summed E-state index contributed by atoms with van der Waals surface area (Å²) in [5.41, 5.74) is 0.425. The van der Waals surface area contributed by atoms with E-state index in [1.54, 1.807) is 0 Å². The first-order chi connectivity index (χ1) is 8.63. The Bertz CT molecular complexity index is 338. The maximum absolute atomic E-state index is 11.7. The molecule has 3 saturated carbocycles. The minimum Gasteiger partial charge on any atom is -0.381 e. The van der Waals surface area contributed by atoms with Crippen molar-refractivity contribution in [2.24, 2.45) is 23.2 Å². The number of methoxy groups -OCH3 is 1. The number of Topliss-reactive ketones (excluding diaryl/α,β-unsaturated/α-hetero) is 1. The molecule has 0 heterocycles. The molecular formula is C16H26O2. The third-order valence-corrected chi connectivity index (χ3v) is 6.36. The molecule has 102 valence electrons. The summed E-state index contributed by atoms with van der Waals surface area (Å²) in [6.45, 7) is 2.47. The van der Waals surface area contributed by atoms with Gasteiger partial charge in [-0.25, -0.2) is 0 Å². The van der Waals surface area contributed by atoms with Crippen molar-refractivity contribution in [3.63, 3.8) is 0 Å². The number of hydrogen-bond donors (Lipinski definition) is 0. The van der Waals surface area contributed by atoms with E-state index in [4.69, 9.17) is 4.74 Å². The minimum atomic E-state index is 0.425. The van der Waals surface area contributed by atoms with Crippen LogP contribution < -0.4 is 0 Å². The summed E-state index contributed by atoms with van der Waals surface area (Å²) in [5, 5.41) is 0. The average molecular weight is 250 g/mol. The van der Waals surface area contributed by atoms with Crippen LogP contribution in [0.25, 0.3) is 0 Å². The molecule has 0 bridgehead atoms. The van der Waals surface area contributed by atoms with E-state index in [0.717, 1.165) is 31.1 Å². The van der Waals surface area contributed by atoms with Crippen LogP contribution in [-0.2, 0) is 9.53 Å². The van der Waals surface area contributed by atoms with Crippen LogP contribution in [0.3, 0.4) is 0 Å². The SMILES string of the molecule is COC1CCC2CC[C@H]3CC(=O)CC[C@@]3(C)C2C1.